The van der Waals surface area contributed by atoms with E-state index in [4.69, 9.17) is 0 Å². The Kier molecular flexibility index (Phi) is 4.42. The van der Waals surface area contributed by atoms with E-state index in [1.54, 1.807) is 6.07 Å². The molecule has 0 saturated heterocycles. The zero-order chi connectivity index (χ0) is 14.5. The van der Waals surface area contributed by atoms with E-state index < -0.39 is 16.4 Å². The Bertz CT molecular complexity index is 602. The Balaban J connectivity index is 2.10. The molecule has 0 spiro atoms. The summed E-state index contributed by atoms with van der Waals surface area (Å²) in [7, 11) is 1.85. The van der Waals surface area contributed by atoms with E-state index in [-0.39, 0.29) is 0 Å². The molecule has 0 atom stereocenters. The highest BCUT2D eigenvalue weighted by atomic mass is 19.1. The Morgan fingerprint density at radius 1 is 1.10 bits per heavy atom. The fourth-order valence-corrected chi connectivity index (χ4v) is 2.07. The van der Waals surface area contributed by atoms with E-state index in [2.05, 4.69) is 0 Å². The number of nitro groups is 1. The van der Waals surface area contributed by atoms with Crippen molar-refractivity contribution in [2.45, 2.75) is 13.1 Å². The zero-order valence-electron chi connectivity index (χ0n) is 11.1. The van der Waals surface area contributed by atoms with Crippen LogP contribution in [0.2, 0.25) is 0 Å². The normalized spacial score (nSPS) is 10.8. The molecule has 2 aromatic rings. The van der Waals surface area contributed by atoms with Crippen LogP contribution in [-0.4, -0.2) is 16.9 Å². The van der Waals surface area contributed by atoms with Crippen molar-refractivity contribution in [2.75, 3.05) is 7.05 Å². The lowest BCUT2D eigenvalue weighted by Crippen LogP contribution is -2.18. The van der Waals surface area contributed by atoms with Crippen LogP contribution in [0, 0.1) is 15.9 Å². The molecule has 104 valence electrons. The molecule has 0 fully saturated rings. The minimum atomic E-state index is -0.752. The molecule has 4 nitrogen and oxygen atoms in total. The van der Waals surface area contributed by atoms with Crippen molar-refractivity contribution in [2.24, 2.45) is 0 Å². The summed E-state index contributed by atoms with van der Waals surface area (Å²) < 4.78 is 14.0. The van der Waals surface area contributed by atoms with Crippen molar-refractivity contribution in [3.05, 3.63) is 75.6 Å². The highest BCUT2D eigenvalue weighted by Gasteiger charge is 2.17. The van der Waals surface area contributed by atoms with Gasteiger partial charge in [-0.3, -0.25) is 15.0 Å². The monoisotopic (exact) mass is 274 g/mol. The number of rotatable bonds is 5. The van der Waals surface area contributed by atoms with Gasteiger partial charge in [-0.15, -0.1) is 0 Å². The van der Waals surface area contributed by atoms with Crippen molar-refractivity contribution in [1.29, 1.82) is 0 Å². The van der Waals surface area contributed by atoms with Crippen molar-refractivity contribution in [1.82, 2.24) is 4.90 Å². The van der Waals surface area contributed by atoms with Gasteiger partial charge in [0.2, 0.25) is 5.82 Å². The number of halogens is 1. The summed E-state index contributed by atoms with van der Waals surface area (Å²) in [5, 5.41) is 10.7. The van der Waals surface area contributed by atoms with Gasteiger partial charge in [0.25, 0.3) is 0 Å². The van der Waals surface area contributed by atoms with Gasteiger partial charge in [-0.05, 0) is 12.6 Å². The van der Waals surface area contributed by atoms with Crippen molar-refractivity contribution < 1.29 is 9.31 Å². The van der Waals surface area contributed by atoms with E-state index in [1.807, 2.05) is 42.3 Å². The molecule has 0 amide bonds. The van der Waals surface area contributed by atoms with Crippen LogP contribution in [0.1, 0.15) is 11.1 Å². The largest absolute Gasteiger partial charge is 0.305 e. The van der Waals surface area contributed by atoms with Crippen LogP contribution in [-0.2, 0) is 13.1 Å². The fourth-order valence-electron chi connectivity index (χ4n) is 2.07. The van der Waals surface area contributed by atoms with Crippen LogP contribution in [0.15, 0.2) is 48.5 Å². The van der Waals surface area contributed by atoms with Gasteiger partial charge in [-0.25, -0.2) is 0 Å². The maximum absolute atomic E-state index is 14.0. The van der Waals surface area contributed by atoms with Crippen molar-refractivity contribution in [3.8, 4) is 0 Å². The van der Waals surface area contributed by atoms with E-state index >= 15 is 0 Å². The second-order valence-electron chi connectivity index (χ2n) is 4.67. The first-order valence-corrected chi connectivity index (χ1v) is 6.22. The van der Waals surface area contributed by atoms with Gasteiger partial charge in [0.1, 0.15) is 0 Å². The van der Waals surface area contributed by atoms with Gasteiger partial charge >= 0.3 is 5.69 Å². The van der Waals surface area contributed by atoms with E-state index in [9.17, 15) is 14.5 Å². The minimum absolute atomic E-state index is 0.322. The summed E-state index contributed by atoms with van der Waals surface area (Å²) in [5.74, 6) is -0.752. The molecule has 0 aromatic heterocycles. The maximum atomic E-state index is 14.0. The van der Waals surface area contributed by atoms with Crippen LogP contribution < -0.4 is 0 Å². The first-order valence-electron chi connectivity index (χ1n) is 6.22. The molecule has 0 saturated carbocycles. The fraction of sp³-hybridized carbons (Fsp3) is 0.200. The average molecular weight is 274 g/mol. The number of hydrogen-bond acceptors (Lipinski definition) is 3. The van der Waals surface area contributed by atoms with E-state index in [1.165, 1.54) is 12.1 Å². The molecule has 0 unspecified atom stereocenters. The molecule has 0 N–H and O–H groups in total. The predicted molar refractivity (Wildman–Crippen MR) is 74.7 cm³/mol. The van der Waals surface area contributed by atoms with Gasteiger partial charge in [0.15, 0.2) is 0 Å². The summed E-state index contributed by atoms with van der Waals surface area (Å²) in [6.07, 6.45) is 0. The quantitative estimate of drug-likeness (QED) is 0.620. The lowest BCUT2D eigenvalue weighted by molar-refractivity contribution is -0.387. The van der Waals surface area contributed by atoms with Crippen molar-refractivity contribution in [3.63, 3.8) is 0 Å². The number of nitro benzene ring substituents is 1. The van der Waals surface area contributed by atoms with Gasteiger partial charge in [0, 0.05) is 24.7 Å². The Morgan fingerprint density at radius 2 is 1.80 bits per heavy atom. The SMILES string of the molecule is CN(Cc1ccccc1)Cc1cccc([N+](=O)[O-])c1F. The molecular formula is C15H15FN2O2. The molecule has 0 aliphatic rings. The highest BCUT2D eigenvalue weighted by Crippen LogP contribution is 2.21. The second kappa shape index (κ2) is 6.25. The van der Waals surface area contributed by atoms with E-state index in [0.717, 1.165) is 5.56 Å². The van der Waals surface area contributed by atoms with Crippen molar-refractivity contribution >= 4 is 5.69 Å². The molecule has 20 heavy (non-hydrogen) atoms. The topological polar surface area (TPSA) is 46.4 Å². The second-order valence-corrected chi connectivity index (χ2v) is 4.67. The summed E-state index contributed by atoms with van der Waals surface area (Å²) >= 11 is 0. The van der Waals surface area contributed by atoms with Gasteiger partial charge in [-0.2, -0.15) is 4.39 Å². The predicted octanol–water partition coefficient (Wildman–Crippen LogP) is 3.37. The summed E-state index contributed by atoms with van der Waals surface area (Å²) in [6, 6.07) is 14.0. The minimum Gasteiger partial charge on any atom is -0.298 e. The lowest BCUT2D eigenvalue weighted by Gasteiger charge is -2.17. The number of benzene rings is 2. The molecule has 0 radical (unpaired) electrons. The summed E-state index contributed by atoms with van der Waals surface area (Å²) in [5.41, 5.74) is 0.967. The molecule has 5 heteroatoms. The maximum Gasteiger partial charge on any atom is 0.305 e. The first kappa shape index (κ1) is 14.1. The molecule has 0 heterocycles. The standard InChI is InChI=1S/C15H15FN2O2/c1-17(10-12-6-3-2-4-7-12)11-13-8-5-9-14(15(13)16)18(19)20/h2-9H,10-11H2,1H3. The van der Waals surface area contributed by atoms with Crippen LogP contribution >= 0.6 is 0 Å². The van der Waals surface area contributed by atoms with Crippen LogP contribution in [0.3, 0.4) is 0 Å². The summed E-state index contributed by atoms with van der Waals surface area (Å²) in [4.78, 5) is 11.9. The van der Waals surface area contributed by atoms with Gasteiger partial charge in [0.05, 0.1) is 4.92 Å². The molecule has 2 rings (SSSR count). The molecule has 0 aliphatic heterocycles. The zero-order valence-corrected chi connectivity index (χ0v) is 11.1. The Hall–Kier alpha value is -2.27. The van der Waals surface area contributed by atoms with Crippen LogP contribution in [0.5, 0.6) is 0 Å². The third kappa shape index (κ3) is 3.39. The summed E-state index contributed by atoms with van der Waals surface area (Å²) in [6.45, 7) is 0.978. The molecule has 0 aliphatic carbocycles. The van der Waals surface area contributed by atoms with Crippen LogP contribution in [0.4, 0.5) is 10.1 Å². The van der Waals surface area contributed by atoms with Gasteiger partial charge < -0.3 is 0 Å². The Labute approximate surface area is 116 Å². The number of hydrogen-bond donors (Lipinski definition) is 0. The molecule has 0 bridgehead atoms. The molecular weight excluding hydrogens is 259 g/mol. The van der Waals surface area contributed by atoms with Gasteiger partial charge in [-0.1, -0.05) is 42.5 Å². The third-order valence-electron chi connectivity index (χ3n) is 2.99. The van der Waals surface area contributed by atoms with Crippen LogP contribution in [0.25, 0.3) is 0 Å². The van der Waals surface area contributed by atoms with E-state index in [0.29, 0.717) is 18.7 Å². The average Bonchev–Trinajstić information content (AvgIpc) is 2.42. The number of nitrogens with zero attached hydrogens (tertiary/aromatic N) is 2. The first-order chi connectivity index (χ1) is 9.58. The third-order valence-corrected chi connectivity index (χ3v) is 2.99. The molecule has 2 aromatic carbocycles. The smallest absolute Gasteiger partial charge is 0.298 e. The Morgan fingerprint density at radius 3 is 2.45 bits per heavy atom. The lowest BCUT2D eigenvalue weighted by atomic mass is 10.1. The highest BCUT2D eigenvalue weighted by molar-refractivity contribution is 5.36.